The summed E-state index contributed by atoms with van der Waals surface area (Å²) in [5.41, 5.74) is 1.03. The summed E-state index contributed by atoms with van der Waals surface area (Å²) in [5.74, 6) is -3.20. The Labute approximate surface area is 182 Å². The van der Waals surface area contributed by atoms with Crippen LogP contribution in [0.2, 0.25) is 5.02 Å². The van der Waals surface area contributed by atoms with Crippen molar-refractivity contribution in [2.45, 2.75) is 32.5 Å². The molecule has 1 amide bonds. The topological polar surface area (TPSA) is 119 Å². The maximum absolute atomic E-state index is 12.5. The Hall–Kier alpha value is -2.52. The molecule has 2 rings (SSSR count). The summed E-state index contributed by atoms with van der Waals surface area (Å²) in [6.45, 7) is 2.16. The van der Waals surface area contributed by atoms with Crippen molar-refractivity contribution < 1.29 is 33.8 Å². The molecule has 3 atom stereocenters. The molecule has 1 heterocycles. The average Bonchev–Trinajstić information content (AvgIpc) is 3.11. The van der Waals surface area contributed by atoms with E-state index in [1.165, 1.54) is 0 Å². The number of nitrogens with one attached hydrogen (secondary N) is 1. The number of amides is 1. The SMILES string of the molecule is CC(=O)O[C@@H](C(=O)O)[C@@H](OC(C)=O)C(=O)NCC1=CC(Cc2ccccc2Cl)CS1. The van der Waals surface area contributed by atoms with Crippen LogP contribution in [0, 0.1) is 5.92 Å². The summed E-state index contributed by atoms with van der Waals surface area (Å²) in [6, 6.07) is 7.59. The van der Waals surface area contributed by atoms with Crippen molar-refractivity contribution in [3.05, 3.63) is 45.8 Å². The Kier molecular flexibility index (Phi) is 8.73. The Morgan fingerprint density at radius 2 is 1.80 bits per heavy atom. The molecule has 0 aliphatic carbocycles. The Balaban J connectivity index is 2.00. The van der Waals surface area contributed by atoms with E-state index in [1.54, 1.807) is 11.8 Å². The fraction of sp³-hybridized carbons (Fsp3) is 0.400. The lowest BCUT2D eigenvalue weighted by molar-refractivity contribution is -0.180. The van der Waals surface area contributed by atoms with Crippen molar-refractivity contribution in [1.82, 2.24) is 5.32 Å². The second-order valence-electron chi connectivity index (χ2n) is 6.62. The lowest BCUT2D eigenvalue weighted by Crippen LogP contribution is -2.50. The van der Waals surface area contributed by atoms with Crippen LogP contribution in [0.5, 0.6) is 0 Å². The number of carbonyl (C=O) groups excluding carboxylic acids is 3. The van der Waals surface area contributed by atoms with Gasteiger partial charge < -0.3 is 19.9 Å². The number of halogens is 1. The van der Waals surface area contributed by atoms with Gasteiger partial charge in [-0.2, -0.15) is 0 Å². The molecule has 0 bridgehead atoms. The molecule has 162 valence electrons. The number of carboxylic acid groups (broad SMARTS) is 1. The minimum atomic E-state index is -1.94. The number of aliphatic carboxylic acids is 1. The molecule has 0 radical (unpaired) electrons. The molecule has 1 aliphatic heterocycles. The van der Waals surface area contributed by atoms with Crippen LogP contribution in [0.3, 0.4) is 0 Å². The van der Waals surface area contributed by atoms with Crippen molar-refractivity contribution in [2.75, 3.05) is 12.3 Å². The van der Waals surface area contributed by atoms with Crippen LogP contribution in [0.4, 0.5) is 0 Å². The number of thioether (sulfide) groups is 1. The first-order chi connectivity index (χ1) is 14.2. The maximum Gasteiger partial charge on any atom is 0.349 e. The molecule has 2 N–H and O–H groups in total. The van der Waals surface area contributed by atoms with Crippen LogP contribution >= 0.6 is 23.4 Å². The molecule has 0 spiro atoms. The van der Waals surface area contributed by atoms with Gasteiger partial charge in [0.25, 0.3) is 5.91 Å². The fourth-order valence-electron chi connectivity index (χ4n) is 2.87. The molecule has 1 aliphatic rings. The quantitative estimate of drug-likeness (QED) is 0.544. The van der Waals surface area contributed by atoms with Crippen LogP contribution in [0.25, 0.3) is 0 Å². The normalized spacial score (nSPS) is 17.4. The molecule has 0 saturated carbocycles. The van der Waals surface area contributed by atoms with Crippen LogP contribution in [-0.4, -0.2) is 53.4 Å². The number of carboxylic acids is 1. The molecule has 1 unspecified atom stereocenters. The number of benzene rings is 1. The molecule has 1 aromatic carbocycles. The van der Waals surface area contributed by atoms with Crippen molar-refractivity contribution in [3.63, 3.8) is 0 Å². The fourth-order valence-corrected chi connectivity index (χ4v) is 4.19. The van der Waals surface area contributed by atoms with E-state index in [2.05, 4.69) is 10.1 Å². The van der Waals surface area contributed by atoms with E-state index in [4.69, 9.17) is 16.3 Å². The van der Waals surface area contributed by atoms with Crippen molar-refractivity contribution in [3.8, 4) is 0 Å². The summed E-state index contributed by atoms with van der Waals surface area (Å²) >= 11 is 7.76. The maximum atomic E-state index is 12.5. The number of esters is 2. The zero-order valence-electron chi connectivity index (χ0n) is 16.4. The summed E-state index contributed by atoms with van der Waals surface area (Å²) in [4.78, 5) is 47.2. The van der Waals surface area contributed by atoms with Crippen molar-refractivity contribution in [2.24, 2.45) is 5.92 Å². The van der Waals surface area contributed by atoms with E-state index in [1.807, 2.05) is 30.3 Å². The van der Waals surface area contributed by atoms with Gasteiger partial charge in [0, 0.05) is 36.1 Å². The first kappa shape index (κ1) is 23.8. The van der Waals surface area contributed by atoms with E-state index in [0.717, 1.165) is 36.5 Å². The van der Waals surface area contributed by atoms with Crippen molar-refractivity contribution >= 4 is 47.2 Å². The third-order valence-electron chi connectivity index (χ3n) is 4.14. The van der Waals surface area contributed by atoms with Gasteiger partial charge in [-0.25, -0.2) is 4.79 Å². The van der Waals surface area contributed by atoms with Gasteiger partial charge in [-0.05, 0) is 24.0 Å². The van der Waals surface area contributed by atoms with Crippen molar-refractivity contribution in [1.29, 1.82) is 0 Å². The van der Waals surface area contributed by atoms with Gasteiger partial charge >= 0.3 is 17.9 Å². The van der Waals surface area contributed by atoms with Crippen LogP contribution < -0.4 is 5.32 Å². The van der Waals surface area contributed by atoms with Crippen LogP contribution in [0.1, 0.15) is 19.4 Å². The predicted octanol–water partition coefficient (Wildman–Crippen LogP) is 2.19. The standard InChI is InChI=1S/C20H22ClNO7S/c1-11(23)28-17(18(20(26)27)29-12(2)24)19(25)22-9-15-8-13(10-30-15)7-14-5-3-4-6-16(14)21/h3-6,8,13,17-18H,7,9-10H2,1-2H3,(H,22,25)(H,26,27)/t13?,17-,18-/m1/s1. The number of hydrogen-bond donors (Lipinski definition) is 2. The van der Waals surface area contributed by atoms with Gasteiger partial charge in [0.15, 0.2) is 0 Å². The molecule has 30 heavy (non-hydrogen) atoms. The number of rotatable bonds is 9. The van der Waals surface area contributed by atoms with Gasteiger partial charge in [0.1, 0.15) is 0 Å². The first-order valence-corrected chi connectivity index (χ1v) is 10.5. The third kappa shape index (κ3) is 7.07. The van der Waals surface area contributed by atoms with Gasteiger partial charge in [-0.1, -0.05) is 35.9 Å². The molecule has 0 saturated heterocycles. The summed E-state index contributed by atoms with van der Waals surface area (Å²) in [7, 11) is 0. The molecular formula is C20H22ClNO7S. The largest absolute Gasteiger partial charge is 0.478 e. The molecule has 8 nitrogen and oxygen atoms in total. The average molecular weight is 456 g/mol. The van der Waals surface area contributed by atoms with Crippen LogP contribution in [-0.2, 0) is 35.1 Å². The molecule has 10 heteroatoms. The third-order valence-corrected chi connectivity index (χ3v) is 5.76. The predicted molar refractivity (Wildman–Crippen MR) is 111 cm³/mol. The minimum absolute atomic E-state index is 0.132. The van der Waals surface area contributed by atoms with E-state index in [9.17, 15) is 24.3 Å². The lowest BCUT2D eigenvalue weighted by atomic mass is 10.0. The number of hydrogen-bond acceptors (Lipinski definition) is 7. The number of allylic oxidation sites excluding steroid dienone is 1. The molecule has 1 aromatic rings. The highest BCUT2D eigenvalue weighted by molar-refractivity contribution is 8.03. The second-order valence-corrected chi connectivity index (χ2v) is 8.17. The number of carbonyl (C=O) groups is 4. The minimum Gasteiger partial charge on any atom is -0.478 e. The summed E-state index contributed by atoms with van der Waals surface area (Å²) in [5, 5.41) is 12.5. The monoisotopic (exact) mass is 455 g/mol. The summed E-state index contributed by atoms with van der Waals surface area (Å²) < 4.78 is 9.47. The van der Waals surface area contributed by atoms with Gasteiger partial charge in [0.2, 0.25) is 12.2 Å². The molecule has 0 aromatic heterocycles. The second kappa shape index (κ2) is 11.0. The number of ether oxygens (including phenoxy) is 2. The zero-order valence-corrected chi connectivity index (χ0v) is 18.0. The first-order valence-electron chi connectivity index (χ1n) is 9.09. The van der Waals surface area contributed by atoms with Gasteiger partial charge in [-0.3, -0.25) is 14.4 Å². The molecular weight excluding hydrogens is 434 g/mol. The van der Waals surface area contributed by atoms with E-state index in [-0.39, 0.29) is 12.5 Å². The Bertz CT molecular complexity index is 857. The van der Waals surface area contributed by atoms with Gasteiger partial charge in [0.05, 0.1) is 0 Å². The Morgan fingerprint density at radius 3 is 2.40 bits per heavy atom. The van der Waals surface area contributed by atoms with Crippen LogP contribution in [0.15, 0.2) is 35.2 Å². The van der Waals surface area contributed by atoms with E-state index >= 15 is 0 Å². The highest BCUT2D eigenvalue weighted by Gasteiger charge is 2.39. The summed E-state index contributed by atoms with van der Waals surface area (Å²) in [6.07, 6.45) is -0.955. The zero-order chi connectivity index (χ0) is 22.3. The highest BCUT2D eigenvalue weighted by Crippen LogP contribution is 2.32. The van der Waals surface area contributed by atoms with E-state index < -0.39 is 36.0 Å². The lowest BCUT2D eigenvalue weighted by Gasteiger charge is -2.22. The van der Waals surface area contributed by atoms with Gasteiger partial charge in [-0.15, -0.1) is 11.8 Å². The molecule has 0 fully saturated rings. The highest BCUT2D eigenvalue weighted by atomic mass is 35.5. The smallest absolute Gasteiger partial charge is 0.349 e. The Morgan fingerprint density at radius 1 is 1.17 bits per heavy atom. The van der Waals surface area contributed by atoms with E-state index in [0.29, 0.717) is 5.02 Å².